The predicted molar refractivity (Wildman–Crippen MR) is 82.1 cm³/mol. The molecule has 0 spiro atoms. The lowest BCUT2D eigenvalue weighted by Gasteiger charge is -2.21. The van der Waals surface area contributed by atoms with E-state index in [1.807, 2.05) is 12.1 Å². The number of carbonyl (C=O) groups excluding carboxylic acids is 1. The van der Waals surface area contributed by atoms with Gasteiger partial charge in [-0.3, -0.25) is 4.79 Å². The van der Waals surface area contributed by atoms with Crippen molar-refractivity contribution in [1.29, 1.82) is 0 Å². The van der Waals surface area contributed by atoms with Crippen LogP contribution in [0.3, 0.4) is 0 Å². The molecule has 1 aliphatic rings. The van der Waals surface area contributed by atoms with Crippen LogP contribution in [0.5, 0.6) is 0 Å². The number of amides is 1. The van der Waals surface area contributed by atoms with Gasteiger partial charge in [-0.15, -0.1) is 0 Å². The fourth-order valence-corrected chi connectivity index (χ4v) is 2.77. The molecule has 0 saturated heterocycles. The highest BCUT2D eigenvalue weighted by Gasteiger charge is 2.23. The maximum absolute atomic E-state index is 12.1. The Labute approximate surface area is 119 Å². The first-order chi connectivity index (χ1) is 9.63. The summed E-state index contributed by atoms with van der Waals surface area (Å²) in [6.07, 6.45) is 4.95. The molecule has 4 nitrogen and oxygen atoms in total. The number of hydrazone groups is 1. The lowest BCUT2D eigenvalue weighted by molar-refractivity contribution is -0.116. The molecule has 4 heteroatoms. The molecule has 1 aromatic carbocycles. The molecule has 0 saturated carbocycles. The second kappa shape index (κ2) is 6.37. The lowest BCUT2D eigenvalue weighted by Crippen LogP contribution is -2.24. The van der Waals surface area contributed by atoms with E-state index in [0.29, 0.717) is 11.8 Å². The number of benzene rings is 1. The third-order valence-corrected chi connectivity index (χ3v) is 3.82. The second-order valence-electron chi connectivity index (χ2n) is 5.44. The van der Waals surface area contributed by atoms with Crippen molar-refractivity contribution in [2.45, 2.75) is 32.6 Å². The highest BCUT2D eigenvalue weighted by Crippen LogP contribution is 2.36. The van der Waals surface area contributed by atoms with Crippen molar-refractivity contribution in [2.24, 2.45) is 16.9 Å². The van der Waals surface area contributed by atoms with E-state index in [-0.39, 0.29) is 5.91 Å². The normalized spacial score (nSPS) is 18.6. The Bertz CT molecular complexity index is 546. The van der Waals surface area contributed by atoms with Gasteiger partial charge in [-0.05, 0) is 41.9 Å². The number of carbonyl (C=O) groups is 1. The summed E-state index contributed by atoms with van der Waals surface area (Å²) >= 11 is 0. The van der Waals surface area contributed by atoms with Crippen molar-refractivity contribution in [1.82, 2.24) is 5.32 Å². The summed E-state index contributed by atoms with van der Waals surface area (Å²) in [5, 5.41) is 5.88. The summed E-state index contributed by atoms with van der Waals surface area (Å²) in [4.78, 5) is 12.1. The number of rotatable bonds is 3. The van der Waals surface area contributed by atoms with Crippen molar-refractivity contribution in [2.75, 3.05) is 0 Å². The highest BCUT2D eigenvalue weighted by molar-refractivity contribution is 6.03. The Morgan fingerprint density at radius 1 is 1.45 bits per heavy atom. The first-order valence-electron chi connectivity index (χ1n) is 6.95. The molecule has 106 valence electrons. The van der Waals surface area contributed by atoms with Gasteiger partial charge < -0.3 is 11.2 Å². The number of hydrogen-bond acceptors (Lipinski definition) is 3. The third-order valence-electron chi connectivity index (χ3n) is 3.82. The molecule has 3 N–H and O–H groups in total. The van der Waals surface area contributed by atoms with E-state index in [1.54, 1.807) is 0 Å². The maximum Gasteiger partial charge on any atom is 0.252 e. The van der Waals surface area contributed by atoms with E-state index in [1.165, 1.54) is 11.9 Å². The predicted octanol–water partition coefficient (Wildman–Crippen LogP) is 2.62. The van der Waals surface area contributed by atoms with Crippen LogP contribution >= 0.6 is 0 Å². The SMILES string of the molecule is CC(C)C1CCC(C(=O)NC=NN)=Cc2ccccc21. The zero-order valence-electron chi connectivity index (χ0n) is 12.0. The van der Waals surface area contributed by atoms with Crippen molar-refractivity contribution in [3.63, 3.8) is 0 Å². The van der Waals surface area contributed by atoms with Gasteiger partial charge in [-0.2, -0.15) is 5.10 Å². The Kier molecular flexibility index (Phi) is 4.56. The van der Waals surface area contributed by atoms with Gasteiger partial charge in [0.25, 0.3) is 5.91 Å². The van der Waals surface area contributed by atoms with Gasteiger partial charge in [-0.1, -0.05) is 38.1 Å². The van der Waals surface area contributed by atoms with E-state index in [9.17, 15) is 4.79 Å². The van der Waals surface area contributed by atoms with E-state index < -0.39 is 0 Å². The first-order valence-corrected chi connectivity index (χ1v) is 6.95. The summed E-state index contributed by atoms with van der Waals surface area (Å²) in [5.41, 5.74) is 3.25. The van der Waals surface area contributed by atoms with Crippen LogP contribution in [0.1, 0.15) is 43.7 Å². The number of nitrogens with two attached hydrogens (primary N) is 1. The van der Waals surface area contributed by atoms with E-state index >= 15 is 0 Å². The molecular formula is C16H21N3O. The van der Waals surface area contributed by atoms with Gasteiger partial charge in [-0.25, -0.2) is 0 Å². The molecule has 0 fully saturated rings. The first kappa shape index (κ1) is 14.3. The molecule has 0 radical (unpaired) electrons. The molecule has 0 heterocycles. The van der Waals surface area contributed by atoms with Crippen molar-refractivity contribution < 1.29 is 4.79 Å². The molecule has 1 atom stereocenters. The zero-order valence-corrected chi connectivity index (χ0v) is 12.0. The Morgan fingerprint density at radius 2 is 2.20 bits per heavy atom. The largest absolute Gasteiger partial charge is 0.322 e. The van der Waals surface area contributed by atoms with Crippen LogP contribution in [0.2, 0.25) is 0 Å². The van der Waals surface area contributed by atoms with Gasteiger partial charge in [0.1, 0.15) is 6.34 Å². The minimum atomic E-state index is -0.126. The minimum Gasteiger partial charge on any atom is -0.322 e. The van der Waals surface area contributed by atoms with Crippen LogP contribution in [0, 0.1) is 5.92 Å². The molecule has 1 aliphatic carbocycles. The van der Waals surface area contributed by atoms with Gasteiger partial charge >= 0.3 is 0 Å². The van der Waals surface area contributed by atoms with Crippen molar-refractivity contribution in [3.05, 3.63) is 41.0 Å². The van der Waals surface area contributed by atoms with Crippen LogP contribution in [0.15, 0.2) is 34.9 Å². The van der Waals surface area contributed by atoms with Crippen LogP contribution < -0.4 is 11.2 Å². The van der Waals surface area contributed by atoms with E-state index in [2.05, 4.69) is 42.5 Å². The lowest BCUT2D eigenvalue weighted by atomic mass is 9.84. The molecular weight excluding hydrogens is 250 g/mol. The van der Waals surface area contributed by atoms with E-state index in [4.69, 9.17) is 5.84 Å². The molecule has 1 aromatic rings. The monoisotopic (exact) mass is 271 g/mol. The summed E-state index contributed by atoms with van der Waals surface area (Å²) in [6.45, 7) is 4.46. The number of fused-ring (bicyclic) bond motifs is 1. The fourth-order valence-electron chi connectivity index (χ4n) is 2.77. The topological polar surface area (TPSA) is 67.5 Å². The average molecular weight is 271 g/mol. The van der Waals surface area contributed by atoms with Gasteiger partial charge in [0, 0.05) is 5.57 Å². The minimum absolute atomic E-state index is 0.126. The Hall–Kier alpha value is -2.10. The molecule has 2 rings (SSSR count). The summed E-state index contributed by atoms with van der Waals surface area (Å²) in [6, 6.07) is 8.31. The number of nitrogens with zero attached hydrogens (tertiary/aromatic N) is 1. The van der Waals surface area contributed by atoms with Crippen molar-refractivity contribution >= 4 is 18.3 Å². The molecule has 0 aromatic heterocycles. The quantitative estimate of drug-likeness (QED) is 0.384. The molecule has 0 aliphatic heterocycles. The standard InChI is InChI=1S/C16H21N3O/c1-11(2)14-8-7-13(16(20)18-10-19-17)9-12-5-3-4-6-15(12)14/h3-6,9-11,14H,7-8,17H2,1-2H3,(H,18,19,20). The van der Waals surface area contributed by atoms with E-state index in [0.717, 1.165) is 24.0 Å². The van der Waals surface area contributed by atoms with Crippen molar-refractivity contribution in [3.8, 4) is 0 Å². The molecule has 0 bridgehead atoms. The van der Waals surface area contributed by atoms with Gasteiger partial charge in [0.05, 0.1) is 0 Å². The Morgan fingerprint density at radius 3 is 2.90 bits per heavy atom. The molecule has 1 amide bonds. The summed E-state index contributed by atoms with van der Waals surface area (Å²) in [5.74, 6) is 5.92. The number of nitrogens with one attached hydrogen (secondary N) is 1. The zero-order chi connectivity index (χ0) is 14.5. The van der Waals surface area contributed by atoms with Crippen LogP contribution in [-0.4, -0.2) is 12.2 Å². The van der Waals surface area contributed by atoms with Crippen LogP contribution in [0.25, 0.3) is 6.08 Å². The summed E-state index contributed by atoms with van der Waals surface area (Å²) in [7, 11) is 0. The number of hydrogen-bond donors (Lipinski definition) is 2. The second-order valence-corrected chi connectivity index (χ2v) is 5.44. The molecule has 20 heavy (non-hydrogen) atoms. The van der Waals surface area contributed by atoms with Gasteiger partial charge in [0.15, 0.2) is 0 Å². The third kappa shape index (κ3) is 3.07. The smallest absolute Gasteiger partial charge is 0.252 e. The average Bonchev–Trinajstić information content (AvgIpc) is 2.64. The van der Waals surface area contributed by atoms with Crippen LogP contribution in [0.4, 0.5) is 0 Å². The maximum atomic E-state index is 12.1. The van der Waals surface area contributed by atoms with Gasteiger partial charge in [0.2, 0.25) is 0 Å². The fraction of sp³-hybridized carbons (Fsp3) is 0.375. The summed E-state index contributed by atoms with van der Waals surface area (Å²) < 4.78 is 0. The Balaban J connectivity index is 2.33. The van der Waals surface area contributed by atoms with Crippen LogP contribution in [-0.2, 0) is 4.79 Å². The molecule has 1 unspecified atom stereocenters. The highest BCUT2D eigenvalue weighted by atomic mass is 16.1.